The third kappa shape index (κ3) is 6.94. The van der Waals surface area contributed by atoms with Gasteiger partial charge in [-0.05, 0) is 37.5 Å². The zero-order valence-corrected chi connectivity index (χ0v) is 16.1. The summed E-state index contributed by atoms with van der Waals surface area (Å²) in [4.78, 5) is 18.1. The van der Waals surface area contributed by atoms with E-state index in [0.29, 0.717) is 45.0 Å². The Morgan fingerprint density at radius 1 is 1.32 bits per heavy atom. The Hall–Kier alpha value is -2.45. The minimum Gasteiger partial charge on any atom is -0.484 e. The van der Waals surface area contributed by atoms with Crippen LogP contribution >= 0.6 is 0 Å². The van der Waals surface area contributed by atoms with Gasteiger partial charge in [-0.15, -0.1) is 0 Å². The van der Waals surface area contributed by atoms with Crippen molar-refractivity contribution >= 4 is 11.9 Å². The van der Waals surface area contributed by atoms with Crippen molar-refractivity contribution in [2.75, 3.05) is 33.4 Å². The summed E-state index contributed by atoms with van der Waals surface area (Å²) >= 11 is 0. The van der Waals surface area contributed by atoms with E-state index in [1.807, 2.05) is 0 Å². The first-order chi connectivity index (χ1) is 13.3. The molecule has 1 aliphatic heterocycles. The van der Waals surface area contributed by atoms with Crippen LogP contribution in [0.5, 0.6) is 5.75 Å². The molecule has 1 heterocycles. The molecule has 1 aliphatic rings. The molecule has 9 heteroatoms. The summed E-state index contributed by atoms with van der Waals surface area (Å²) in [6, 6.07) is 6.51. The first kappa shape index (κ1) is 21.8. The fraction of sp³-hybridized carbons (Fsp3) is 0.579. The van der Waals surface area contributed by atoms with Crippen LogP contribution in [-0.2, 0) is 16.1 Å². The topological polar surface area (TPSA) is 63.2 Å². The lowest BCUT2D eigenvalue weighted by Crippen LogP contribution is -2.46. The van der Waals surface area contributed by atoms with Crippen molar-refractivity contribution in [2.24, 2.45) is 10.9 Å². The number of halogens is 3. The smallest absolute Gasteiger partial charge is 0.422 e. The predicted octanol–water partition coefficient (Wildman–Crippen LogP) is 2.98. The first-order valence-corrected chi connectivity index (χ1v) is 9.23. The van der Waals surface area contributed by atoms with Gasteiger partial charge >= 0.3 is 12.1 Å². The molecule has 1 aromatic rings. The van der Waals surface area contributed by atoms with Crippen LogP contribution < -0.4 is 10.1 Å². The number of carbonyl (C=O) groups is 1. The van der Waals surface area contributed by atoms with Crippen LogP contribution in [0.15, 0.2) is 29.3 Å². The number of nitrogens with one attached hydrogen (secondary N) is 1. The molecular weight excluding hydrogens is 375 g/mol. The summed E-state index contributed by atoms with van der Waals surface area (Å²) in [5.74, 6) is 0.614. The van der Waals surface area contributed by atoms with E-state index in [4.69, 9.17) is 9.47 Å². The van der Waals surface area contributed by atoms with E-state index in [1.165, 1.54) is 6.07 Å². The number of alkyl halides is 3. The lowest BCUT2D eigenvalue weighted by molar-refractivity contribution is -0.153. The van der Waals surface area contributed by atoms with Crippen molar-refractivity contribution in [3.05, 3.63) is 29.8 Å². The largest absolute Gasteiger partial charge is 0.484 e. The number of esters is 1. The van der Waals surface area contributed by atoms with Gasteiger partial charge in [0.25, 0.3) is 0 Å². The highest BCUT2D eigenvalue weighted by molar-refractivity contribution is 5.80. The van der Waals surface area contributed by atoms with E-state index >= 15 is 0 Å². The first-order valence-electron chi connectivity index (χ1n) is 9.23. The lowest BCUT2D eigenvalue weighted by atomic mass is 9.97. The van der Waals surface area contributed by atoms with E-state index in [0.717, 1.165) is 5.56 Å². The lowest BCUT2D eigenvalue weighted by Gasteiger charge is -2.33. The fourth-order valence-electron chi connectivity index (χ4n) is 3.01. The molecule has 0 radical (unpaired) electrons. The molecule has 0 amide bonds. The highest BCUT2D eigenvalue weighted by Crippen LogP contribution is 2.20. The number of aliphatic imine (C=N–C) groups is 1. The van der Waals surface area contributed by atoms with Crippen LogP contribution in [0.1, 0.15) is 25.3 Å². The maximum Gasteiger partial charge on any atom is 0.422 e. The molecule has 1 aromatic carbocycles. The third-order valence-corrected chi connectivity index (χ3v) is 4.38. The second kappa shape index (κ2) is 10.2. The van der Waals surface area contributed by atoms with Gasteiger partial charge in [0.2, 0.25) is 0 Å². The van der Waals surface area contributed by atoms with Gasteiger partial charge < -0.3 is 19.7 Å². The van der Waals surface area contributed by atoms with Crippen LogP contribution in [0, 0.1) is 5.92 Å². The van der Waals surface area contributed by atoms with Gasteiger partial charge in [0, 0.05) is 26.7 Å². The molecule has 0 saturated carbocycles. The normalized spacial score (nSPS) is 16.0. The molecule has 0 aromatic heterocycles. The molecule has 1 N–H and O–H groups in total. The van der Waals surface area contributed by atoms with Crippen molar-refractivity contribution in [2.45, 2.75) is 32.5 Å². The van der Waals surface area contributed by atoms with Crippen molar-refractivity contribution in [1.82, 2.24) is 10.2 Å². The quantitative estimate of drug-likeness (QED) is 0.451. The van der Waals surface area contributed by atoms with Gasteiger partial charge in [-0.25, -0.2) is 0 Å². The summed E-state index contributed by atoms with van der Waals surface area (Å²) in [6.07, 6.45) is -2.98. The van der Waals surface area contributed by atoms with Gasteiger partial charge in [-0.2, -0.15) is 13.2 Å². The minimum absolute atomic E-state index is 0.0863. The number of nitrogens with zero attached hydrogens (tertiary/aromatic N) is 2. The van der Waals surface area contributed by atoms with Crippen LogP contribution in [-0.4, -0.2) is 56.4 Å². The molecule has 0 bridgehead atoms. The molecule has 156 valence electrons. The van der Waals surface area contributed by atoms with Gasteiger partial charge in [0.15, 0.2) is 12.6 Å². The van der Waals surface area contributed by atoms with E-state index in [2.05, 4.69) is 15.2 Å². The van der Waals surface area contributed by atoms with Crippen molar-refractivity contribution in [3.8, 4) is 5.75 Å². The van der Waals surface area contributed by atoms with Crippen LogP contribution in [0.2, 0.25) is 0 Å². The Bertz CT molecular complexity index is 672. The predicted molar refractivity (Wildman–Crippen MR) is 99.1 cm³/mol. The van der Waals surface area contributed by atoms with Crippen LogP contribution in [0.3, 0.4) is 0 Å². The van der Waals surface area contributed by atoms with E-state index in [1.54, 1.807) is 32.2 Å². The molecule has 6 nitrogen and oxygen atoms in total. The number of ether oxygens (including phenoxy) is 2. The summed E-state index contributed by atoms with van der Waals surface area (Å²) in [5.41, 5.74) is 0.780. The van der Waals surface area contributed by atoms with Crippen molar-refractivity contribution in [1.29, 1.82) is 0 Å². The number of benzene rings is 1. The van der Waals surface area contributed by atoms with Gasteiger partial charge in [-0.3, -0.25) is 9.79 Å². The standard InChI is InChI=1S/C19H26F3N3O3/c1-3-27-17(26)15-7-9-25(10-8-15)18(23-2)24-12-14-5-4-6-16(11-14)28-13-19(20,21)22/h4-6,11,15H,3,7-10,12-13H2,1-2H3,(H,23,24). The maximum absolute atomic E-state index is 12.3. The highest BCUT2D eigenvalue weighted by Gasteiger charge is 2.29. The Morgan fingerprint density at radius 3 is 2.64 bits per heavy atom. The molecule has 0 atom stereocenters. The van der Waals surface area contributed by atoms with Crippen LogP contribution in [0.4, 0.5) is 13.2 Å². The summed E-state index contributed by atoms with van der Waals surface area (Å²) in [6.45, 7) is 2.61. The van der Waals surface area contributed by atoms with E-state index < -0.39 is 12.8 Å². The van der Waals surface area contributed by atoms with E-state index in [9.17, 15) is 18.0 Å². The zero-order valence-electron chi connectivity index (χ0n) is 16.1. The molecule has 0 unspecified atom stereocenters. The number of piperidine rings is 1. The molecule has 0 spiro atoms. The second-order valence-electron chi connectivity index (χ2n) is 6.47. The number of likely N-dealkylation sites (tertiary alicyclic amines) is 1. The number of rotatable bonds is 6. The van der Waals surface area contributed by atoms with E-state index in [-0.39, 0.29) is 17.6 Å². The second-order valence-corrected chi connectivity index (χ2v) is 6.47. The number of guanidine groups is 1. The van der Waals surface area contributed by atoms with Crippen molar-refractivity contribution in [3.63, 3.8) is 0 Å². The SMILES string of the molecule is CCOC(=O)C1CCN(C(=NC)NCc2cccc(OCC(F)(F)F)c2)CC1. The molecule has 0 aliphatic carbocycles. The Kier molecular flexibility index (Phi) is 7.95. The molecule has 1 saturated heterocycles. The summed E-state index contributed by atoms with van der Waals surface area (Å²) < 4.78 is 46.7. The zero-order chi connectivity index (χ0) is 20.6. The summed E-state index contributed by atoms with van der Waals surface area (Å²) in [5, 5.41) is 3.21. The molecule has 2 rings (SSSR count). The molecular formula is C19H26F3N3O3. The molecule has 1 fully saturated rings. The average Bonchev–Trinajstić information content (AvgIpc) is 2.67. The Morgan fingerprint density at radius 2 is 2.04 bits per heavy atom. The highest BCUT2D eigenvalue weighted by atomic mass is 19.4. The third-order valence-electron chi connectivity index (χ3n) is 4.38. The van der Waals surface area contributed by atoms with Gasteiger partial charge in [-0.1, -0.05) is 12.1 Å². The monoisotopic (exact) mass is 401 g/mol. The Balaban J connectivity index is 1.85. The summed E-state index contributed by atoms with van der Waals surface area (Å²) in [7, 11) is 1.67. The Labute approximate surface area is 162 Å². The van der Waals surface area contributed by atoms with Crippen molar-refractivity contribution < 1.29 is 27.4 Å². The number of hydrogen-bond acceptors (Lipinski definition) is 4. The van der Waals surface area contributed by atoms with Crippen LogP contribution in [0.25, 0.3) is 0 Å². The van der Waals surface area contributed by atoms with Gasteiger partial charge in [0.1, 0.15) is 5.75 Å². The fourth-order valence-corrected chi connectivity index (χ4v) is 3.01. The number of carbonyl (C=O) groups excluding carboxylic acids is 1. The molecule has 28 heavy (non-hydrogen) atoms. The maximum atomic E-state index is 12.3. The number of hydrogen-bond donors (Lipinski definition) is 1. The minimum atomic E-state index is -4.37. The van der Waals surface area contributed by atoms with Gasteiger partial charge in [0.05, 0.1) is 12.5 Å². The average molecular weight is 401 g/mol.